The fourth-order valence-electron chi connectivity index (χ4n) is 9.80. The monoisotopic (exact) mass is 1050 g/mol. The lowest BCUT2D eigenvalue weighted by atomic mass is 10.0. The third kappa shape index (κ3) is 62.1. The van der Waals surface area contributed by atoms with Crippen LogP contribution < -0.4 is 0 Å². The summed E-state index contributed by atoms with van der Waals surface area (Å²) in [7, 11) is 0. The van der Waals surface area contributed by atoms with E-state index in [1.807, 2.05) is 0 Å². The van der Waals surface area contributed by atoms with Gasteiger partial charge in [-0.3, -0.25) is 14.4 Å². The van der Waals surface area contributed by atoms with Crippen LogP contribution in [-0.2, 0) is 28.6 Å². The highest BCUT2D eigenvalue weighted by Gasteiger charge is 2.19. The third-order valence-electron chi connectivity index (χ3n) is 14.8. The molecular formula is C69H126O6. The van der Waals surface area contributed by atoms with Gasteiger partial charge in [-0.25, -0.2) is 0 Å². The average Bonchev–Trinajstić information content (AvgIpc) is 3.41. The molecule has 0 radical (unpaired) electrons. The highest BCUT2D eigenvalue weighted by molar-refractivity contribution is 5.71. The Morgan fingerprint density at radius 1 is 0.267 bits per heavy atom. The molecule has 75 heavy (non-hydrogen) atoms. The molecule has 0 aliphatic carbocycles. The van der Waals surface area contributed by atoms with Gasteiger partial charge in [0.1, 0.15) is 13.2 Å². The van der Waals surface area contributed by atoms with E-state index in [4.69, 9.17) is 14.2 Å². The Balaban J connectivity index is 4.37. The smallest absolute Gasteiger partial charge is 0.306 e. The first-order valence-electron chi connectivity index (χ1n) is 33.1. The van der Waals surface area contributed by atoms with Crippen LogP contribution in [-0.4, -0.2) is 37.2 Å². The molecule has 0 fully saturated rings. The second-order valence-corrected chi connectivity index (χ2v) is 22.4. The molecule has 0 saturated carbocycles. The van der Waals surface area contributed by atoms with Crippen LogP contribution in [0.1, 0.15) is 355 Å². The summed E-state index contributed by atoms with van der Waals surface area (Å²) in [5.74, 6) is -0.869. The molecule has 438 valence electrons. The maximum Gasteiger partial charge on any atom is 0.306 e. The van der Waals surface area contributed by atoms with Crippen molar-refractivity contribution >= 4 is 17.9 Å². The Bertz CT molecular complexity index is 1300. The highest BCUT2D eigenvalue weighted by atomic mass is 16.6. The molecule has 0 N–H and O–H groups in total. The fourth-order valence-corrected chi connectivity index (χ4v) is 9.80. The zero-order valence-corrected chi connectivity index (χ0v) is 50.3. The Morgan fingerprint density at radius 3 is 0.760 bits per heavy atom. The normalized spacial score (nSPS) is 12.3. The lowest BCUT2D eigenvalue weighted by Crippen LogP contribution is -2.30. The molecule has 0 aromatic carbocycles. The standard InChI is InChI=1S/C69H126O6/c1-4-7-10-13-16-19-22-25-28-31-33-34-36-38-41-44-47-50-53-56-59-62-68(71)74-65-66(64-73-67(70)61-58-55-52-49-46-43-40-37-30-27-24-21-18-15-12-9-6-3)75-69(72)63-60-57-54-51-48-45-42-39-35-32-29-26-23-20-17-14-11-8-5-2/h22,25,27,30-31,33,36,38,66H,4-21,23-24,26,28-29,32,34-35,37,39-65H2,1-3H3/b25-22-,30-27-,33-31-,38-36-. The summed E-state index contributed by atoms with van der Waals surface area (Å²) in [6.45, 7) is 6.67. The van der Waals surface area contributed by atoms with Crippen molar-refractivity contribution in [3.05, 3.63) is 48.6 Å². The van der Waals surface area contributed by atoms with Crippen molar-refractivity contribution in [3.63, 3.8) is 0 Å². The number of esters is 3. The number of hydrogen-bond donors (Lipinski definition) is 0. The average molecular weight is 1050 g/mol. The Labute approximate surface area is 467 Å². The molecule has 1 atom stereocenters. The molecule has 0 rings (SSSR count). The van der Waals surface area contributed by atoms with Gasteiger partial charge in [-0.1, -0.05) is 301 Å². The maximum atomic E-state index is 12.9. The molecule has 6 nitrogen and oxygen atoms in total. The minimum atomic E-state index is -0.780. The number of carbonyl (C=O) groups excluding carboxylic acids is 3. The van der Waals surface area contributed by atoms with Gasteiger partial charge in [0.15, 0.2) is 6.10 Å². The van der Waals surface area contributed by atoms with Gasteiger partial charge in [0.05, 0.1) is 0 Å². The Kier molecular flexibility index (Phi) is 61.7. The van der Waals surface area contributed by atoms with Crippen molar-refractivity contribution in [2.45, 2.75) is 361 Å². The quantitative estimate of drug-likeness (QED) is 0.0261. The zero-order chi connectivity index (χ0) is 54.3. The number of rotatable bonds is 61. The highest BCUT2D eigenvalue weighted by Crippen LogP contribution is 2.17. The molecule has 0 aliphatic rings. The van der Waals surface area contributed by atoms with Crippen LogP contribution in [0, 0.1) is 0 Å². The fraction of sp³-hybridized carbons (Fsp3) is 0.841. The summed E-state index contributed by atoms with van der Waals surface area (Å²) in [5, 5.41) is 0. The number of carbonyl (C=O) groups is 3. The topological polar surface area (TPSA) is 78.9 Å². The molecule has 6 heteroatoms. The Morgan fingerprint density at radius 2 is 0.480 bits per heavy atom. The van der Waals surface area contributed by atoms with Gasteiger partial charge in [-0.05, 0) is 83.5 Å². The maximum absolute atomic E-state index is 12.9. The minimum absolute atomic E-state index is 0.0761. The molecule has 0 bridgehead atoms. The molecule has 1 unspecified atom stereocenters. The summed E-state index contributed by atoms with van der Waals surface area (Å²) in [6, 6.07) is 0. The van der Waals surface area contributed by atoms with Gasteiger partial charge in [0.2, 0.25) is 0 Å². The number of ether oxygens (including phenoxy) is 3. The molecule has 0 amide bonds. The van der Waals surface area contributed by atoms with Crippen molar-refractivity contribution in [2.24, 2.45) is 0 Å². The minimum Gasteiger partial charge on any atom is -0.462 e. The van der Waals surface area contributed by atoms with Gasteiger partial charge in [-0.15, -0.1) is 0 Å². The van der Waals surface area contributed by atoms with Gasteiger partial charge in [-0.2, -0.15) is 0 Å². The predicted molar refractivity (Wildman–Crippen MR) is 325 cm³/mol. The first-order valence-corrected chi connectivity index (χ1v) is 33.1. The number of unbranched alkanes of at least 4 members (excludes halogenated alkanes) is 42. The summed E-state index contributed by atoms with van der Waals surface area (Å²) in [5.41, 5.74) is 0. The van der Waals surface area contributed by atoms with Crippen LogP contribution in [0.15, 0.2) is 48.6 Å². The largest absolute Gasteiger partial charge is 0.462 e. The lowest BCUT2D eigenvalue weighted by Gasteiger charge is -2.18. The van der Waals surface area contributed by atoms with Gasteiger partial charge >= 0.3 is 17.9 Å². The predicted octanol–water partition coefficient (Wildman–Crippen LogP) is 22.6. The molecule has 0 spiro atoms. The van der Waals surface area contributed by atoms with Crippen LogP contribution in [0.4, 0.5) is 0 Å². The zero-order valence-electron chi connectivity index (χ0n) is 50.3. The summed E-state index contributed by atoms with van der Waals surface area (Å²) >= 11 is 0. The first kappa shape index (κ1) is 72.4. The molecular weight excluding hydrogens is 925 g/mol. The van der Waals surface area contributed by atoms with Crippen LogP contribution in [0.5, 0.6) is 0 Å². The summed E-state index contributed by atoms with van der Waals surface area (Å²) in [6.07, 6.45) is 79.7. The van der Waals surface area contributed by atoms with Crippen LogP contribution >= 0.6 is 0 Å². The first-order chi connectivity index (χ1) is 37.0. The molecule has 0 aliphatic heterocycles. The van der Waals surface area contributed by atoms with E-state index in [1.165, 1.54) is 238 Å². The van der Waals surface area contributed by atoms with Crippen LogP contribution in [0.3, 0.4) is 0 Å². The molecule has 0 aromatic heterocycles. The van der Waals surface area contributed by atoms with Crippen molar-refractivity contribution in [1.82, 2.24) is 0 Å². The van der Waals surface area contributed by atoms with Crippen LogP contribution in [0.2, 0.25) is 0 Å². The number of allylic oxidation sites excluding steroid dienone is 8. The van der Waals surface area contributed by atoms with Gasteiger partial charge in [0.25, 0.3) is 0 Å². The van der Waals surface area contributed by atoms with E-state index < -0.39 is 6.10 Å². The van der Waals surface area contributed by atoms with E-state index >= 15 is 0 Å². The van der Waals surface area contributed by atoms with E-state index in [1.54, 1.807) is 0 Å². The SMILES string of the molecule is CCCCCCC/C=C\C/C=C\C/C=C\CCCCCCCCC(=O)OCC(COC(=O)CCCCCCCCC/C=C\CCCCCCCC)OC(=O)CCCCCCCCCCCCCCCCCCCCC. The second-order valence-electron chi connectivity index (χ2n) is 22.4. The van der Waals surface area contributed by atoms with Gasteiger partial charge < -0.3 is 14.2 Å². The summed E-state index contributed by atoms with van der Waals surface area (Å²) < 4.78 is 17.0. The lowest BCUT2D eigenvalue weighted by molar-refractivity contribution is -0.167. The van der Waals surface area contributed by atoms with E-state index in [0.29, 0.717) is 19.3 Å². The second kappa shape index (κ2) is 63.9. The van der Waals surface area contributed by atoms with E-state index in [9.17, 15) is 14.4 Å². The van der Waals surface area contributed by atoms with E-state index in [2.05, 4.69) is 69.4 Å². The van der Waals surface area contributed by atoms with Crippen molar-refractivity contribution in [3.8, 4) is 0 Å². The van der Waals surface area contributed by atoms with Crippen molar-refractivity contribution in [2.75, 3.05) is 13.2 Å². The van der Waals surface area contributed by atoms with E-state index in [0.717, 1.165) is 77.0 Å². The van der Waals surface area contributed by atoms with Crippen molar-refractivity contribution in [1.29, 1.82) is 0 Å². The van der Waals surface area contributed by atoms with Crippen molar-refractivity contribution < 1.29 is 28.6 Å². The molecule has 0 heterocycles. The summed E-state index contributed by atoms with van der Waals surface area (Å²) in [4.78, 5) is 38.4. The number of hydrogen-bond acceptors (Lipinski definition) is 6. The van der Waals surface area contributed by atoms with Gasteiger partial charge in [0, 0.05) is 19.3 Å². The van der Waals surface area contributed by atoms with Crippen LogP contribution in [0.25, 0.3) is 0 Å². The Hall–Kier alpha value is -2.63. The van der Waals surface area contributed by atoms with E-state index in [-0.39, 0.29) is 31.1 Å². The molecule has 0 aromatic rings. The third-order valence-corrected chi connectivity index (χ3v) is 14.8. The molecule has 0 saturated heterocycles.